The third-order valence-electron chi connectivity index (χ3n) is 5.15. The fourth-order valence-electron chi connectivity index (χ4n) is 3.45. The Hall–Kier alpha value is -3.09. The van der Waals surface area contributed by atoms with Gasteiger partial charge in [-0.05, 0) is 30.3 Å². The first-order valence-corrected chi connectivity index (χ1v) is 9.63. The molecule has 0 aliphatic carbocycles. The molecule has 1 aliphatic rings. The van der Waals surface area contributed by atoms with Crippen molar-refractivity contribution in [2.75, 3.05) is 44.7 Å². The van der Waals surface area contributed by atoms with Crippen LogP contribution in [0.25, 0.3) is 0 Å². The molecule has 6 nitrogen and oxygen atoms in total. The maximum Gasteiger partial charge on any atom is 0.242 e. The summed E-state index contributed by atoms with van der Waals surface area (Å²) in [5.74, 6) is 0.198. The molecule has 29 heavy (non-hydrogen) atoms. The van der Waals surface area contributed by atoms with Gasteiger partial charge in [0.1, 0.15) is 18.1 Å². The van der Waals surface area contributed by atoms with Gasteiger partial charge in [0.05, 0.1) is 7.11 Å². The van der Waals surface area contributed by atoms with E-state index < -0.39 is 0 Å². The molecule has 154 valence electrons. The summed E-state index contributed by atoms with van der Waals surface area (Å²) in [4.78, 5) is 30.3. The summed E-state index contributed by atoms with van der Waals surface area (Å²) >= 11 is 0. The maximum atomic E-state index is 13.1. The number of hydrogen-bond acceptors (Lipinski definition) is 4. The van der Waals surface area contributed by atoms with Gasteiger partial charge in [0.25, 0.3) is 0 Å². The highest BCUT2D eigenvalue weighted by Crippen LogP contribution is 2.20. The molecule has 1 saturated heterocycles. The standard InChI is InChI=1S/C22H26FN3O3/c1-17(27)26(15-18-5-3-4-6-21(18)29-2)16-22(28)25-13-11-24(12-14-25)20-9-7-19(23)8-10-20/h3-10H,11-16H2,1-2H3. The molecule has 7 heteroatoms. The predicted octanol–water partition coefficient (Wildman–Crippen LogP) is 2.53. The molecule has 1 fully saturated rings. The quantitative estimate of drug-likeness (QED) is 0.749. The van der Waals surface area contributed by atoms with Crippen molar-refractivity contribution in [1.29, 1.82) is 0 Å². The number of carbonyl (C=O) groups excluding carboxylic acids is 2. The van der Waals surface area contributed by atoms with Crippen LogP contribution in [0.15, 0.2) is 48.5 Å². The number of carbonyl (C=O) groups is 2. The molecule has 0 unspecified atom stereocenters. The van der Waals surface area contributed by atoms with Crippen LogP contribution in [-0.4, -0.2) is 61.4 Å². The average molecular weight is 399 g/mol. The Morgan fingerprint density at radius 1 is 1.03 bits per heavy atom. The van der Waals surface area contributed by atoms with E-state index in [0.717, 1.165) is 11.3 Å². The minimum atomic E-state index is -0.262. The lowest BCUT2D eigenvalue weighted by molar-refractivity contribution is -0.140. The number of nitrogens with zero attached hydrogens (tertiary/aromatic N) is 3. The summed E-state index contributed by atoms with van der Waals surface area (Å²) in [6, 6.07) is 13.9. The second-order valence-electron chi connectivity index (χ2n) is 7.03. The van der Waals surface area contributed by atoms with E-state index in [1.807, 2.05) is 24.3 Å². The fourth-order valence-corrected chi connectivity index (χ4v) is 3.45. The van der Waals surface area contributed by atoms with Crippen molar-refractivity contribution in [3.63, 3.8) is 0 Å². The van der Waals surface area contributed by atoms with Gasteiger partial charge in [-0.2, -0.15) is 0 Å². The second kappa shape index (κ2) is 9.41. The van der Waals surface area contributed by atoms with Crippen molar-refractivity contribution in [1.82, 2.24) is 9.80 Å². The Morgan fingerprint density at radius 3 is 2.31 bits per heavy atom. The van der Waals surface area contributed by atoms with Crippen LogP contribution in [0.2, 0.25) is 0 Å². The average Bonchev–Trinajstić information content (AvgIpc) is 2.74. The summed E-state index contributed by atoms with van der Waals surface area (Å²) < 4.78 is 18.4. The van der Waals surface area contributed by atoms with Crippen molar-refractivity contribution in [2.45, 2.75) is 13.5 Å². The Kier molecular flexibility index (Phi) is 6.69. The van der Waals surface area contributed by atoms with Crippen LogP contribution in [0.5, 0.6) is 5.75 Å². The van der Waals surface area contributed by atoms with Gasteiger partial charge in [-0.15, -0.1) is 0 Å². The maximum absolute atomic E-state index is 13.1. The molecule has 0 N–H and O–H groups in total. The molecule has 1 heterocycles. The fraction of sp³-hybridized carbons (Fsp3) is 0.364. The minimum absolute atomic E-state index is 0.0317. The number of ether oxygens (including phenoxy) is 1. The Labute approximate surface area is 170 Å². The monoisotopic (exact) mass is 399 g/mol. The highest BCUT2D eigenvalue weighted by Gasteiger charge is 2.24. The van der Waals surface area contributed by atoms with E-state index in [-0.39, 0.29) is 24.2 Å². The zero-order valence-electron chi connectivity index (χ0n) is 16.8. The van der Waals surface area contributed by atoms with Gasteiger partial charge in [-0.1, -0.05) is 18.2 Å². The number of hydrogen-bond donors (Lipinski definition) is 0. The van der Waals surface area contributed by atoms with Gasteiger partial charge in [0, 0.05) is 50.9 Å². The number of para-hydroxylation sites is 1. The van der Waals surface area contributed by atoms with Crippen molar-refractivity contribution in [3.8, 4) is 5.75 Å². The van der Waals surface area contributed by atoms with E-state index in [4.69, 9.17) is 4.74 Å². The van der Waals surface area contributed by atoms with E-state index >= 15 is 0 Å². The van der Waals surface area contributed by atoms with Crippen LogP contribution in [0.1, 0.15) is 12.5 Å². The number of amides is 2. The first-order chi connectivity index (χ1) is 14.0. The molecule has 1 aliphatic heterocycles. The summed E-state index contributed by atoms with van der Waals surface area (Å²) in [6.45, 7) is 4.29. The van der Waals surface area contributed by atoms with Gasteiger partial charge in [0.15, 0.2) is 0 Å². The van der Waals surface area contributed by atoms with E-state index in [1.54, 1.807) is 24.1 Å². The van der Waals surface area contributed by atoms with Gasteiger partial charge in [-0.25, -0.2) is 4.39 Å². The lowest BCUT2D eigenvalue weighted by atomic mass is 10.2. The van der Waals surface area contributed by atoms with Gasteiger partial charge < -0.3 is 19.4 Å². The van der Waals surface area contributed by atoms with Gasteiger partial charge >= 0.3 is 0 Å². The topological polar surface area (TPSA) is 53.1 Å². The number of benzene rings is 2. The molecule has 2 aromatic carbocycles. The Balaban J connectivity index is 1.58. The molecule has 3 rings (SSSR count). The van der Waals surface area contributed by atoms with Gasteiger partial charge in [-0.3, -0.25) is 9.59 Å². The van der Waals surface area contributed by atoms with Crippen LogP contribution in [0, 0.1) is 5.82 Å². The summed E-state index contributed by atoms with van der Waals surface area (Å²) in [7, 11) is 1.59. The zero-order valence-corrected chi connectivity index (χ0v) is 16.8. The highest BCUT2D eigenvalue weighted by molar-refractivity contribution is 5.84. The lowest BCUT2D eigenvalue weighted by Crippen LogP contribution is -2.51. The number of methoxy groups -OCH3 is 1. The smallest absolute Gasteiger partial charge is 0.242 e. The molecule has 0 atom stereocenters. The first kappa shape index (κ1) is 20.6. The third-order valence-corrected chi connectivity index (χ3v) is 5.15. The van der Waals surface area contributed by atoms with Crippen molar-refractivity contribution >= 4 is 17.5 Å². The first-order valence-electron chi connectivity index (χ1n) is 9.63. The van der Waals surface area contributed by atoms with Crippen LogP contribution in [0.3, 0.4) is 0 Å². The summed E-state index contributed by atoms with van der Waals surface area (Å²) in [6.07, 6.45) is 0. The molecular weight excluding hydrogens is 373 g/mol. The summed E-state index contributed by atoms with van der Waals surface area (Å²) in [5.41, 5.74) is 1.80. The highest BCUT2D eigenvalue weighted by atomic mass is 19.1. The predicted molar refractivity (Wildman–Crippen MR) is 109 cm³/mol. The number of piperazine rings is 1. The van der Waals surface area contributed by atoms with Crippen LogP contribution < -0.4 is 9.64 Å². The van der Waals surface area contributed by atoms with E-state index in [1.165, 1.54) is 24.0 Å². The molecule has 0 bridgehead atoms. The molecule has 0 aromatic heterocycles. The number of halogens is 1. The van der Waals surface area contributed by atoms with Gasteiger partial charge in [0.2, 0.25) is 11.8 Å². The molecule has 0 radical (unpaired) electrons. The number of rotatable bonds is 6. The van der Waals surface area contributed by atoms with E-state index in [0.29, 0.717) is 38.5 Å². The lowest BCUT2D eigenvalue weighted by Gasteiger charge is -2.37. The largest absolute Gasteiger partial charge is 0.496 e. The van der Waals surface area contributed by atoms with E-state index in [2.05, 4.69) is 4.90 Å². The zero-order chi connectivity index (χ0) is 20.8. The number of anilines is 1. The normalized spacial score (nSPS) is 13.9. The third kappa shape index (κ3) is 5.25. The molecular formula is C22H26FN3O3. The van der Waals surface area contributed by atoms with Crippen molar-refractivity contribution in [2.24, 2.45) is 0 Å². The van der Waals surface area contributed by atoms with Crippen molar-refractivity contribution in [3.05, 3.63) is 59.9 Å². The molecule has 0 spiro atoms. The Bertz CT molecular complexity index is 849. The molecule has 0 saturated carbocycles. The van der Waals surface area contributed by atoms with E-state index in [9.17, 15) is 14.0 Å². The minimum Gasteiger partial charge on any atom is -0.496 e. The molecule has 2 aromatic rings. The van der Waals surface area contributed by atoms with Crippen LogP contribution in [0.4, 0.5) is 10.1 Å². The molecule has 2 amide bonds. The van der Waals surface area contributed by atoms with Crippen molar-refractivity contribution < 1.29 is 18.7 Å². The van der Waals surface area contributed by atoms with Crippen LogP contribution in [-0.2, 0) is 16.1 Å². The SMILES string of the molecule is COc1ccccc1CN(CC(=O)N1CCN(c2ccc(F)cc2)CC1)C(C)=O. The van der Waals surface area contributed by atoms with Crippen LogP contribution >= 0.6 is 0 Å². The Morgan fingerprint density at radius 2 is 1.69 bits per heavy atom. The summed E-state index contributed by atoms with van der Waals surface area (Å²) in [5, 5.41) is 0. The second-order valence-corrected chi connectivity index (χ2v) is 7.03.